The fraction of sp³-hybridized carbons (Fsp3) is 0.778. The zero-order valence-corrected chi connectivity index (χ0v) is 15.9. The summed E-state index contributed by atoms with van der Waals surface area (Å²) in [5, 5.41) is 0. The Labute approximate surface area is 155 Å². The van der Waals surface area contributed by atoms with Crippen molar-refractivity contribution in [3.8, 4) is 0 Å². The van der Waals surface area contributed by atoms with Gasteiger partial charge in [0.15, 0.2) is 0 Å². The van der Waals surface area contributed by atoms with E-state index in [2.05, 4.69) is 9.97 Å². The molecule has 1 saturated carbocycles. The van der Waals surface area contributed by atoms with Gasteiger partial charge in [0, 0.05) is 27.5 Å². The van der Waals surface area contributed by atoms with Gasteiger partial charge in [-0.25, -0.2) is 9.97 Å². The molecule has 0 amide bonds. The molecule has 1 fully saturated rings. The summed E-state index contributed by atoms with van der Waals surface area (Å²) in [7, 11) is 4.84. The second kappa shape index (κ2) is 11.5. The zero-order chi connectivity index (χ0) is 18.7. The molecular weight excluding hydrogens is 340 g/mol. The molecule has 26 heavy (non-hydrogen) atoms. The molecule has 0 aliphatic heterocycles. The fourth-order valence-corrected chi connectivity index (χ4v) is 2.53. The van der Waals surface area contributed by atoms with E-state index in [4.69, 9.17) is 28.4 Å². The smallest absolute Gasteiger partial charge is 0.200 e. The molecule has 1 aromatic heterocycles. The van der Waals surface area contributed by atoms with Crippen molar-refractivity contribution in [2.24, 2.45) is 0 Å². The number of nitrogens with zero attached hydrogens (tertiary/aromatic N) is 2. The number of hydrogen-bond acceptors (Lipinski definition) is 8. The lowest BCUT2D eigenvalue weighted by Crippen LogP contribution is -2.22. The predicted molar refractivity (Wildman–Crippen MR) is 94.0 cm³/mol. The van der Waals surface area contributed by atoms with Crippen molar-refractivity contribution in [3.05, 3.63) is 23.8 Å². The number of ether oxygens (including phenoxy) is 6. The minimum absolute atomic E-state index is 0.0920. The Bertz CT molecular complexity index is 508. The minimum atomic E-state index is -0.479. The van der Waals surface area contributed by atoms with E-state index in [-0.39, 0.29) is 5.41 Å². The van der Waals surface area contributed by atoms with Crippen LogP contribution in [0.25, 0.3) is 0 Å². The molecule has 2 rings (SSSR count). The first-order chi connectivity index (χ1) is 12.8. The molecule has 0 atom stereocenters. The molecule has 0 aromatic carbocycles. The van der Waals surface area contributed by atoms with Crippen LogP contribution in [-0.4, -0.2) is 77.5 Å². The highest BCUT2D eigenvalue weighted by atomic mass is 16.7. The van der Waals surface area contributed by atoms with Crippen LogP contribution in [0.3, 0.4) is 0 Å². The van der Waals surface area contributed by atoms with Gasteiger partial charge in [0.25, 0.3) is 0 Å². The Morgan fingerprint density at radius 2 is 1.54 bits per heavy atom. The van der Waals surface area contributed by atoms with E-state index in [0.29, 0.717) is 46.2 Å². The molecule has 1 aromatic rings. The molecule has 1 aliphatic carbocycles. The van der Waals surface area contributed by atoms with E-state index in [0.717, 1.165) is 24.4 Å². The lowest BCUT2D eigenvalue weighted by Gasteiger charge is -2.17. The summed E-state index contributed by atoms with van der Waals surface area (Å²) in [5.41, 5.74) is 0.633. The van der Waals surface area contributed by atoms with Crippen molar-refractivity contribution in [2.75, 3.05) is 67.6 Å². The largest absolute Gasteiger partial charge is 0.382 e. The summed E-state index contributed by atoms with van der Waals surface area (Å²) >= 11 is 0. The van der Waals surface area contributed by atoms with Crippen molar-refractivity contribution in [1.29, 1.82) is 0 Å². The molecular formula is C18H30N2O6. The molecule has 1 aliphatic rings. The van der Waals surface area contributed by atoms with Crippen LogP contribution in [0.5, 0.6) is 0 Å². The van der Waals surface area contributed by atoms with Crippen LogP contribution in [0, 0.1) is 0 Å². The second-order valence-corrected chi connectivity index (χ2v) is 6.16. The van der Waals surface area contributed by atoms with Gasteiger partial charge < -0.3 is 28.4 Å². The Balaban J connectivity index is 1.66. The van der Waals surface area contributed by atoms with Crippen molar-refractivity contribution < 1.29 is 28.4 Å². The summed E-state index contributed by atoms with van der Waals surface area (Å²) in [6.07, 6.45) is 3.31. The topological polar surface area (TPSA) is 81.2 Å². The van der Waals surface area contributed by atoms with E-state index in [1.54, 1.807) is 33.6 Å². The van der Waals surface area contributed by atoms with Crippen molar-refractivity contribution >= 4 is 0 Å². The molecule has 8 heteroatoms. The lowest BCUT2D eigenvalue weighted by atomic mass is 10.1. The van der Waals surface area contributed by atoms with Crippen LogP contribution in [0.4, 0.5) is 0 Å². The SMILES string of the molecule is COCCOCCOCCOCC1(c2nccc(C(OC)OC)n2)CC1. The number of rotatable bonds is 15. The van der Waals surface area contributed by atoms with E-state index < -0.39 is 6.29 Å². The number of methoxy groups -OCH3 is 3. The summed E-state index contributed by atoms with van der Waals surface area (Å²) in [6.45, 7) is 3.98. The fourth-order valence-electron chi connectivity index (χ4n) is 2.53. The van der Waals surface area contributed by atoms with Crippen LogP contribution in [0.15, 0.2) is 12.3 Å². The zero-order valence-electron chi connectivity index (χ0n) is 15.9. The van der Waals surface area contributed by atoms with Crippen LogP contribution in [0.1, 0.15) is 30.7 Å². The monoisotopic (exact) mass is 370 g/mol. The van der Waals surface area contributed by atoms with Gasteiger partial charge in [-0.2, -0.15) is 0 Å². The van der Waals surface area contributed by atoms with Crippen molar-refractivity contribution in [1.82, 2.24) is 9.97 Å². The Kier molecular flexibility index (Phi) is 9.38. The number of aromatic nitrogens is 2. The summed E-state index contributed by atoms with van der Waals surface area (Å²) in [4.78, 5) is 9.04. The van der Waals surface area contributed by atoms with Gasteiger partial charge in [0.05, 0.1) is 57.4 Å². The first kappa shape index (κ1) is 21.1. The first-order valence-electron chi connectivity index (χ1n) is 8.87. The van der Waals surface area contributed by atoms with Crippen LogP contribution in [0.2, 0.25) is 0 Å². The van der Waals surface area contributed by atoms with Crippen LogP contribution >= 0.6 is 0 Å². The third kappa shape index (κ3) is 6.53. The van der Waals surface area contributed by atoms with Crippen LogP contribution < -0.4 is 0 Å². The van der Waals surface area contributed by atoms with Gasteiger partial charge >= 0.3 is 0 Å². The standard InChI is InChI=1S/C18H30N2O6/c1-21-8-9-24-10-11-25-12-13-26-14-18(5-6-18)17-19-7-4-15(20-17)16(22-2)23-3/h4,7,16H,5-6,8-14H2,1-3H3. The van der Waals surface area contributed by atoms with Crippen LogP contribution in [-0.2, 0) is 33.8 Å². The summed E-state index contributed by atoms with van der Waals surface area (Å²) in [6, 6.07) is 1.81. The highest BCUT2D eigenvalue weighted by molar-refractivity contribution is 5.20. The average molecular weight is 370 g/mol. The first-order valence-corrected chi connectivity index (χ1v) is 8.87. The lowest BCUT2D eigenvalue weighted by molar-refractivity contribution is -0.108. The molecule has 0 radical (unpaired) electrons. The molecule has 0 unspecified atom stereocenters. The molecule has 0 spiro atoms. The minimum Gasteiger partial charge on any atom is -0.382 e. The molecule has 1 heterocycles. The van der Waals surface area contributed by atoms with E-state index >= 15 is 0 Å². The predicted octanol–water partition coefficient (Wildman–Crippen LogP) is 1.50. The third-order valence-corrected chi connectivity index (χ3v) is 4.23. The van der Waals surface area contributed by atoms with Gasteiger partial charge in [0.1, 0.15) is 5.82 Å². The van der Waals surface area contributed by atoms with Crippen molar-refractivity contribution in [2.45, 2.75) is 24.5 Å². The maximum Gasteiger partial charge on any atom is 0.200 e. The quantitative estimate of drug-likeness (QED) is 0.339. The molecule has 0 bridgehead atoms. The maximum atomic E-state index is 5.79. The van der Waals surface area contributed by atoms with Gasteiger partial charge in [-0.1, -0.05) is 0 Å². The average Bonchev–Trinajstić information content (AvgIpc) is 3.46. The molecule has 0 N–H and O–H groups in total. The van der Waals surface area contributed by atoms with E-state index in [1.807, 2.05) is 0 Å². The van der Waals surface area contributed by atoms with E-state index in [9.17, 15) is 0 Å². The maximum absolute atomic E-state index is 5.79. The van der Waals surface area contributed by atoms with Crippen molar-refractivity contribution in [3.63, 3.8) is 0 Å². The Hall–Kier alpha value is -1.16. The Morgan fingerprint density at radius 3 is 2.12 bits per heavy atom. The normalized spacial score (nSPS) is 15.5. The molecule has 8 nitrogen and oxygen atoms in total. The summed E-state index contributed by atoms with van der Waals surface area (Å²) < 4.78 is 32.0. The third-order valence-electron chi connectivity index (χ3n) is 4.23. The van der Waals surface area contributed by atoms with E-state index in [1.165, 1.54) is 0 Å². The Morgan fingerprint density at radius 1 is 0.923 bits per heavy atom. The second-order valence-electron chi connectivity index (χ2n) is 6.16. The highest BCUT2D eigenvalue weighted by Crippen LogP contribution is 2.46. The van der Waals surface area contributed by atoms with Gasteiger partial charge in [-0.05, 0) is 18.9 Å². The van der Waals surface area contributed by atoms with Gasteiger partial charge in [-0.15, -0.1) is 0 Å². The number of hydrogen-bond donors (Lipinski definition) is 0. The molecule has 148 valence electrons. The van der Waals surface area contributed by atoms with Gasteiger partial charge in [-0.3, -0.25) is 0 Å². The summed E-state index contributed by atoms with van der Waals surface area (Å²) in [5.74, 6) is 0.793. The molecule has 0 saturated heterocycles. The van der Waals surface area contributed by atoms with Gasteiger partial charge in [0.2, 0.25) is 6.29 Å². The highest BCUT2D eigenvalue weighted by Gasteiger charge is 2.47.